The Morgan fingerprint density at radius 1 is 1.06 bits per heavy atom. The highest BCUT2D eigenvalue weighted by atomic mass is 35.5. The van der Waals surface area contributed by atoms with Crippen LogP contribution in [0.1, 0.15) is 70.3 Å². The number of nitrogens with zero attached hydrogens (tertiary/aromatic N) is 1. The summed E-state index contributed by atoms with van der Waals surface area (Å²) in [7, 11) is 0. The van der Waals surface area contributed by atoms with Gasteiger partial charge in [0, 0.05) is 28.3 Å². The van der Waals surface area contributed by atoms with Gasteiger partial charge in [0.1, 0.15) is 5.75 Å². The third-order valence-electron chi connectivity index (χ3n) is 7.50. The fourth-order valence-electron chi connectivity index (χ4n) is 5.48. The molecule has 4 rings (SSSR count). The van der Waals surface area contributed by atoms with E-state index in [1.54, 1.807) is 6.07 Å². The molecule has 0 unspecified atom stereocenters. The molecule has 0 bridgehead atoms. The standard InChI is InChI=1S/C28H36Cl2N2O2/c1-21-8-3-6-17-32(21)18-7-19-34-24-12-10-23(11-13-24)31-27(33)28(15-4-2-5-16-28)25-14-9-22(29)20-26(25)30/h9-14,20-21H,2-8,15-19H2,1H3,(H,31,33)/t21-/m0/s1. The number of benzene rings is 2. The summed E-state index contributed by atoms with van der Waals surface area (Å²) >= 11 is 12.7. The molecule has 1 heterocycles. The molecule has 1 aliphatic carbocycles. The van der Waals surface area contributed by atoms with Crippen LogP contribution in [0.2, 0.25) is 10.0 Å². The fraction of sp³-hybridized carbons (Fsp3) is 0.536. The van der Waals surface area contributed by atoms with E-state index >= 15 is 0 Å². The maximum atomic E-state index is 13.6. The smallest absolute Gasteiger partial charge is 0.235 e. The van der Waals surface area contributed by atoms with E-state index in [9.17, 15) is 4.79 Å². The van der Waals surface area contributed by atoms with Crippen molar-refractivity contribution in [2.45, 2.75) is 76.2 Å². The molecule has 1 N–H and O–H groups in total. The van der Waals surface area contributed by atoms with Gasteiger partial charge in [-0.3, -0.25) is 4.79 Å². The quantitative estimate of drug-likeness (QED) is 0.380. The monoisotopic (exact) mass is 502 g/mol. The molecule has 2 aromatic rings. The summed E-state index contributed by atoms with van der Waals surface area (Å²) < 4.78 is 5.96. The van der Waals surface area contributed by atoms with Crippen LogP contribution < -0.4 is 10.1 Å². The van der Waals surface area contributed by atoms with E-state index in [1.165, 1.54) is 25.8 Å². The number of halogens is 2. The van der Waals surface area contributed by atoms with Crippen LogP contribution in [0.15, 0.2) is 42.5 Å². The Labute approximate surface area is 214 Å². The number of amides is 1. The first-order valence-electron chi connectivity index (χ1n) is 12.7. The third kappa shape index (κ3) is 6.08. The van der Waals surface area contributed by atoms with E-state index in [0.29, 0.717) is 22.7 Å². The van der Waals surface area contributed by atoms with Gasteiger partial charge in [-0.05, 0) is 87.5 Å². The van der Waals surface area contributed by atoms with Gasteiger partial charge in [0.15, 0.2) is 0 Å². The van der Waals surface area contributed by atoms with E-state index in [2.05, 4.69) is 17.1 Å². The van der Waals surface area contributed by atoms with Crippen molar-refractivity contribution in [2.75, 3.05) is 25.0 Å². The molecule has 184 valence electrons. The van der Waals surface area contributed by atoms with Crippen molar-refractivity contribution in [3.8, 4) is 5.75 Å². The van der Waals surface area contributed by atoms with Crippen molar-refractivity contribution in [3.05, 3.63) is 58.1 Å². The number of hydrogen-bond acceptors (Lipinski definition) is 3. The molecule has 1 aliphatic heterocycles. The summed E-state index contributed by atoms with van der Waals surface area (Å²) in [5.74, 6) is 0.832. The lowest BCUT2D eigenvalue weighted by Gasteiger charge is -2.37. The van der Waals surface area contributed by atoms with Gasteiger partial charge in [0.05, 0.1) is 12.0 Å². The molecule has 1 amide bonds. The SMILES string of the molecule is C[C@H]1CCCCN1CCCOc1ccc(NC(=O)C2(c3ccc(Cl)cc3Cl)CCCCC2)cc1. The molecule has 1 atom stereocenters. The lowest BCUT2D eigenvalue weighted by atomic mass is 9.68. The van der Waals surface area contributed by atoms with E-state index in [1.807, 2.05) is 36.4 Å². The predicted octanol–water partition coefficient (Wildman–Crippen LogP) is 7.48. The van der Waals surface area contributed by atoms with Gasteiger partial charge in [0.2, 0.25) is 5.91 Å². The zero-order chi connectivity index (χ0) is 24.0. The maximum absolute atomic E-state index is 13.6. The maximum Gasteiger partial charge on any atom is 0.235 e. The van der Waals surface area contributed by atoms with Gasteiger partial charge in [-0.1, -0.05) is 55.0 Å². The van der Waals surface area contributed by atoms with Crippen LogP contribution in [0.5, 0.6) is 5.75 Å². The summed E-state index contributed by atoms with van der Waals surface area (Å²) in [4.78, 5) is 16.1. The number of ether oxygens (including phenoxy) is 1. The van der Waals surface area contributed by atoms with Crippen LogP contribution in [0.25, 0.3) is 0 Å². The van der Waals surface area contributed by atoms with Gasteiger partial charge in [-0.25, -0.2) is 0 Å². The Kier molecular flexibility index (Phi) is 8.79. The van der Waals surface area contributed by atoms with Crippen molar-refractivity contribution < 1.29 is 9.53 Å². The van der Waals surface area contributed by atoms with E-state index in [4.69, 9.17) is 27.9 Å². The Balaban J connectivity index is 1.34. The number of piperidine rings is 1. The van der Waals surface area contributed by atoms with Gasteiger partial charge in [-0.15, -0.1) is 0 Å². The second-order valence-corrected chi connectivity index (χ2v) is 10.7. The molecule has 34 heavy (non-hydrogen) atoms. The molecule has 1 saturated heterocycles. The van der Waals surface area contributed by atoms with Crippen LogP contribution in [-0.4, -0.2) is 36.5 Å². The number of carbonyl (C=O) groups is 1. The third-order valence-corrected chi connectivity index (χ3v) is 8.05. The second kappa shape index (κ2) is 11.8. The Hall–Kier alpha value is -1.75. The van der Waals surface area contributed by atoms with Crippen molar-refractivity contribution in [3.63, 3.8) is 0 Å². The van der Waals surface area contributed by atoms with Crippen LogP contribution in [0.3, 0.4) is 0 Å². The molecule has 6 heteroatoms. The first-order chi connectivity index (χ1) is 16.5. The normalized spacial score (nSPS) is 20.6. The molecule has 2 aliphatic rings. The molecule has 2 aromatic carbocycles. The Bertz CT molecular complexity index is 957. The van der Waals surface area contributed by atoms with Gasteiger partial charge in [-0.2, -0.15) is 0 Å². The number of carbonyl (C=O) groups excluding carboxylic acids is 1. The molecule has 2 fully saturated rings. The molecule has 4 nitrogen and oxygen atoms in total. The highest BCUT2D eigenvalue weighted by molar-refractivity contribution is 6.35. The molecule has 0 radical (unpaired) electrons. The van der Waals surface area contributed by atoms with E-state index < -0.39 is 5.41 Å². The van der Waals surface area contributed by atoms with Crippen LogP contribution in [-0.2, 0) is 10.2 Å². The van der Waals surface area contributed by atoms with Gasteiger partial charge < -0.3 is 15.0 Å². The van der Waals surface area contributed by atoms with E-state index in [0.717, 1.165) is 62.1 Å². The number of nitrogens with one attached hydrogen (secondary N) is 1. The predicted molar refractivity (Wildman–Crippen MR) is 141 cm³/mol. The number of rotatable bonds is 8. The Morgan fingerprint density at radius 3 is 2.53 bits per heavy atom. The largest absolute Gasteiger partial charge is 0.494 e. The molecule has 0 aromatic heterocycles. The molecular weight excluding hydrogens is 467 g/mol. The highest BCUT2D eigenvalue weighted by Crippen LogP contribution is 2.44. The molecular formula is C28H36Cl2N2O2. The van der Waals surface area contributed by atoms with Crippen molar-refractivity contribution in [1.82, 2.24) is 4.90 Å². The summed E-state index contributed by atoms with van der Waals surface area (Å²) in [6.07, 6.45) is 9.73. The number of hydrogen-bond donors (Lipinski definition) is 1. The summed E-state index contributed by atoms with van der Waals surface area (Å²) in [5, 5.41) is 4.29. The van der Waals surface area contributed by atoms with Crippen molar-refractivity contribution in [2.24, 2.45) is 0 Å². The lowest BCUT2D eigenvalue weighted by molar-refractivity contribution is -0.122. The van der Waals surface area contributed by atoms with Crippen molar-refractivity contribution in [1.29, 1.82) is 0 Å². The van der Waals surface area contributed by atoms with Crippen molar-refractivity contribution >= 4 is 34.8 Å². The minimum Gasteiger partial charge on any atom is -0.494 e. The summed E-state index contributed by atoms with van der Waals surface area (Å²) in [5.41, 5.74) is 1.02. The second-order valence-electron chi connectivity index (χ2n) is 9.83. The average Bonchev–Trinajstić information content (AvgIpc) is 2.84. The zero-order valence-corrected chi connectivity index (χ0v) is 21.6. The van der Waals surface area contributed by atoms with Crippen LogP contribution in [0.4, 0.5) is 5.69 Å². The first-order valence-corrected chi connectivity index (χ1v) is 13.5. The number of anilines is 1. The lowest BCUT2D eigenvalue weighted by Crippen LogP contribution is -2.42. The zero-order valence-electron chi connectivity index (χ0n) is 20.1. The molecule has 0 spiro atoms. The highest BCUT2D eigenvalue weighted by Gasteiger charge is 2.42. The summed E-state index contributed by atoms with van der Waals surface area (Å²) in [6, 6.07) is 13.9. The minimum atomic E-state index is -0.624. The topological polar surface area (TPSA) is 41.6 Å². The average molecular weight is 504 g/mol. The van der Waals surface area contributed by atoms with Crippen LogP contribution >= 0.6 is 23.2 Å². The van der Waals surface area contributed by atoms with Gasteiger partial charge in [0.25, 0.3) is 0 Å². The minimum absolute atomic E-state index is 0.000687. The van der Waals surface area contributed by atoms with Gasteiger partial charge >= 0.3 is 0 Å². The Morgan fingerprint density at radius 2 is 1.82 bits per heavy atom. The van der Waals surface area contributed by atoms with E-state index in [-0.39, 0.29) is 5.91 Å². The summed E-state index contributed by atoms with van der Waals surface area (Å²) in [6.45, 7) is 5.32. The first kappa shape index (κ1) is 25.3. The fourth-order valence-corrected chi connectivity index (χ4v) is 6.07. The number of likely N-dealkylation sites (tertiary alicyclic amines) is 1. The van der Waals surface area contributed by atoms with Crippen LogP contribution in [0, 0.1) is 0 Å². The molecule has 1 saturated carbocycles.